The van der Waals surface area contributed by atoms with Gasteiger partial charge >= 0.3 is 0 Å². The minimum absolute atomic E-state index is 0.552. The fourth-order valence-electron chi connectivity index (χ4n) is 2.18. The van der Waals surface area contributed by atoms with E-state index in [1.165, 1.54) is 30.1 Å². The van der Waals surface area contributed by atoms with Crippen molar-refractivity contribution in [2.75, 3.05) is 4.43 Å². The number of rotatable bonds is 1. The number of alkyl halides is 1. The van der Waals surface area contributed by atoms with Crippen molar-refractivity contribution in [3.63, 3.8) is 0 Å². The maximum absolute atomic E-state index is 2.53. The van der Waals surface area contributed by atoms with E-state index in [2.05, 4.69) is 43.4 Å². The minimum atomic E-state index is 0.552. The zero-order valence-corrected chi connectivity index (χ0v) is 10.7. The van der Waals surface area contributed by atoms with E-state index in [1.54, 1.807) is 0 Å². The summed E-state index contributed by atoms with van der Waals surface area (Å²) >= 11 is 2.53. The van der Waals surface area contributed by atoms with Crippen LogP contribution in [0, 0.1) is 17.3 Å². The maximum Gasteiger partial charge on any atom is 0.00237 e. The van der Waals surface area contributed by atoms with Gasteiger partial charge in [-0.25, -0.2) is 0 Å². The van der Waals surface area contributed by atoms with Crippen LogP contribution in [0.1, 0.15) is 46.5 Å². The van der Waals surface area contributed by atoms with E-state index in [0.717, 1.165) is 11.8 Å². The Morgan fingerprint density at radius 3 is 1.92 bits per heavy atom. The molecular formula is C11H21I. The third-order valence-corrected chi connectivity index (χ3v) is 4.54. The number of hydrogen-bond acceptors (Lipinski definition) is 0. The molecule has 0 atom stereocenters. The normalized spacial score (nSPS) is 32.0. The Morgan fingerprint density at radius 1 is 1.08 bits per heavy atom. The van der Waals surface area contributed by atoms with Gasteiger partial charge in [-0.15, -0.1) is 0 Å². The quantitative estimate of drug-likeness (QED) is 0.497. The van der Waals surface area contributed by atoms with Gasteiger partial charge in [-0.1, -0.05) is 43.4 Å². The Morgan fingerprint density at radius 2 is 1.58 bits per heavy atom. The molecule has 0 aromatic rings. The van der Waals surface area contributed by atoms with E-state index in [-0.39, 0.29) is 0 Å². The summed E-state index contributed by atoms with van der Waals surface area (Å²) in [5.41, 5.74) is 0.552. The first-order chi connectivity index (χ1) is 5.54. The van der Waals surface area contributed by atoms with Gasteiger partial charge in [0.25, 0.3) is 0 Å². The summed E-state index contributed by atoms with van der Waals surface area (Å²) in [4.78, 5) is 0. The minimum Gasteiger partial charge on any atom is -0.0861 e. The highest BCUT2D eigenvalue weighted by Crippen LogP contribution is 2.40. The molecule has 1 aliphatic rings. The first-order valence-corrected chi connectivity index (χ1v) is 6.62. The highest BCUT2D eigenvalue weighted by Gasteiger charge is 2.28. The van der Waals surface area contributed by atoms with Gasteiger partial charge in [0.15, 0.2) is 0 Å². The molecular weight excluding hydrogens is 259 g/mol. The van der Waals surface area contributed by atoms with Crippen LogP contribution < -0.4 is 0 Å². The van der Waals surface area contributed by atoms with Crippen LogP contribution in [0.2, 0.25) is 0 Å². The molecule has 1 fully saturated rings. The fourth-order valence-corrected chi connectivity index (χ4v) is 3.06. The second kappa shape index (κ2) is 4.30. The molecule has 1 rings (SSSR count). The molecule has 0 nitrogen and oxygen atoms in total. The molecule has 0 unspecified atom stereocenters. The Balaban J connectivity index is 2.36. The number of halogens is 1. The lowest BCUT2D eigenvalue weighted by Gasteiger charge is -2.36. The van der Waals surface area contributed by atoms with Crippen molar-refractivity contribution in [2.45, 2.75) is 46.5 Å². The summed E-state index contributed by atoms with van der Waals surface area (Å²) in [7, 11) is 0. The zero-order chi connectivity index (χ0) is 9.19. The molecule has 0 amide bonds. The van der Waals surface area contributed by atoms with Crippen LogP contribution in [0.3, 0.4) is 0 Å². The first kappa shape index (κ1) is 10.8. The summed E-state index contributed by atoms with van der Waals surface area (Å²) in [6.07, 6.45) is 5.89. The smallest absolute Gasteiger partial charge is 0.00237 e. The molecule has 12 heavy (non-hydrogen) atoms. The van der Waals surface area contributed by atoms with Gasteiger partial charge in [-0.05, 0) is 42.9 Å². The summed E-state index contributed by atoms with van der Waals surface area (Å²) in [5.74, 6) is 2.01. The van der Waals surface area contributed by atoms with Gasteiger partial charge < -0.3 is 0 Å². The van der Waals surface area contributed by atoms with Gasteiger partial charge in [-0.3, -0.25) is 0 Å². The van der Waals surface area contributed by atoms with Crippen molar-refractivity contribution in [1.82, 2.24) is 0 Å². The molecule has 0 N–H and O–H groups in total. The van der Waals surface area contributed by atoms with Gasteiger partial charge in [0.1, 0.15) is 0 Å². The van der Waals surface area contributed by atoms with Crippen molar-refractivity contribution in [2.24, 2.45) is 17.3 Å². The average molecular weight is 280 g/mol. The second-order valence-electron chi connectivity index (χ2n) is 5.24. The molecule has 0 spiro atoms. The van der Waals surface area contributed by atoms with Crippen molar-refractivity contribution in [3.05, 3.63) is 0 Å². The van der Waals surface area contributed by atoms with Crippen molar-refractivity contribution in [3.8, 4) is 0 Å². The second-order valence-corrected chi connectivity index (χ2v) is 6.12. The van der Waals surface area contributed by atoms with E-state index < -0.39 is 0 Å². The summed E-state index contributed by atoms with van der Waals surface area (Å²) in [5, 5.41) is 0. The first-order valence-electron chi connectivity index (χ1n) is 5.10. The average Bonchev–Trinajstić information content (AvgIpc) is 2.03. The van der Waals surface area contributed by atoms with Gasteiger partial charge in [0.05, 0.1) is 0 Å². The molecule has 0 radical (unpaired) electrons. The predicted octanol–water partition coefficient (Wildman–Crippen LogP) is 4.27. The predicted molar refractivity (Wildman–Crippen MR) is 63.8 cm³/mol. The molecule has 1 heteroatoms. The molecule has 1 saturated carbocycles. The summed E-state index contributed by atoms with van der Waals surface area (Å²) in [6, 6.07) is 0. The monoisotopic (exact) mass is 280 g/mol. The Bertz CT molecular complexity index is 126. The van der Waals surface area contributed by atoms with Crippen molar-refractivity contribution in [1.29, 1.82) is 0 Å². The Labute approximate surface area is 90.6 Å². The van der Waals surface area contributed by atoms with Crippen LogP contribution in [-0.4, -0.2) is 4.43 Å². The van der Waals surface area contributed by atoms with Crippen LogP contribution >= 0.6 is 22.6 Å². The third kappa shape index (κ3) is 2.90. The van der Waals surface area contributed by atoms with E-state index >= 15 is 0 Å². The van der Waals surface area contributed by atoms with Crippen molar-refractivity contribution >= 4 is 22.6 Å². The van der Waals surface area contributed by atoms with Crippen LogP contribution in [0.5, 0.6) is 0 Å². The Hall–Kier alpha value is 0.730. The lowest BCUT2D eigenvalue weighted by Crippen LogP contribution is -2.26. The largest absolute Gasteiger partial charge is 0.0861 e. The van der Waals surface area contributed by atoms with E-state index in [9.17, 15) is 0 Å². The fraction of sp³-hybridized carbons (Fsp3) is 1.00. The maximum atomic E-state index is 2.53. The van der Waals surface area contributed by atoms with Gasteiger partial charge in [0.2, 0.25) is 0 Å². The van der Waals surface area contributed by atoms with Crippen LogP contribution in [0.25, 0.3) is 0 Å². The van der Waals surface area contributed by atoms with Gasteiger partial charge in [0, 0.05) is 4.43 Å². The van der Waals surface area contributed by atoms with Crippen LogP contribution in [0.4, 0.5) is 0 Å². The van der Waals surface area contributed by atoms with Gasteiger partial charge in [-0.2, -0.15) is 0 Å². The van der Waals surface area contributed by atoms with Crippen LogP contribution in [-0.2, 0) is 0 Å². The standard InChI is InChI=1S/C11H21I/c1-11(2,3)10-6-4-9(8-12)5-7-10/h9-10H,4-8H2,1-3H3. The SMILES string of the molecule is CC(C)(C)C1CCC(CI)CC1. The Kier molecular flexibility index (Phi) is 3.87. The molecule has 0 bridgehead atoms. The molecule has 1 aliphatic carbocycles. The summed E-state index contributed by atoms with van der Waals surface area (Å²) < 4.78 is 1.37. The lowest BCUT2D eigenvalue weighted by molar-refractivity contribution is 0.157. The van der Waals surface area contributed by atoms with Crippen LogP contribution in [0.15, 0.2) is 0 Å². The molecule has 72 valence electrons. The van der Waals surface area contributed by atoms with E-state index in [4.69, 9.17) is 0 Å². The lowest BCUT2D eigenvalue weighted by atomic mass is 9.70. The van der Waals surface area contributed by atoms with E-state index in [0.29, 0.717) is 5.41 Å². The highest BCUT2D eigenvalue weighted by molar-refractivity contribution is 14.1. The molecule has 0 aromatic heterocycles. The molecule has 0 aliphatic heterocycles. The topological polar surface area (TPSA) is 0 Å². The van der Waals surface area contributed by atoms with Crippen molar-refractivity contribution < 1.29 is 0 Å². The summed E-state index contributed by atoms with van der Waals surface area (Å²) in [6.45, 7) is 7.17. The molecule has 0 aromatic carbocycles. The zero-order valence-electron chi connectivity index (χ0n) is 8.57. The highest BCUT2D eigenvalue weighted by atomic mass is 127. The molecule has 0 heterocycles. The van der Waals surface area contributed by atoms with E-state index in [1.807, 2.05) is 0 Å². The third-order valence-electron chi connectivity index (χ3n) is 3.29. The molecule has 0 saturated heterocycles. The number of hydrogen-bond donors (Lipinski definition) is 0.